The highest BCUT2D eigenvalue weighted by atomic mass is 16.6. The van der Waals surface area contributed by atoms with Crippen molar-refractivity contribution in [2.75, 3.05) is 0 Å². The van der Waals surface area contributed by atoms with E-state index in [9.17, 15) is 9.59 Å². The van der Waals surface area contributed by atoms with E-state index in [1.54, 1.807) is 0 Å². The molecular formula is C5H5NO3. The third-order valence-electron chi connectivity index (χ3n) is 0.872. The number of carbonyl (C=O) groups is 2. The molecule has 1 rings (SSSR count). The summed E-state index contributed by atoms with van der Waals surface area (Å²) in [4.78, 5) is 25.2. The van der Waals surface area contributed by atoms with E-state index in [0.717, 1.165) is 0 Å². The molecule has 0 saturated heterocycles. The lowest BCUT2D eigenvalue weighted by Gasteiger charge is -1.94. The van der Waals surface area contributed by atoms with Crippen molar-refractivity contribution in [3.8, 4) is 0 Å². The van der Waals surface area contributed by atoms with E-state index in [0.29, 0.717) is 0 Å². The molecule has 1 aliphatic heterocycles. The molecule has 0 aromatic carbocycles. The largest absolute Gasteiger partial charge is 0.387 e. The number of hydrogen-bond donors (Lipinski definition) is 1. The van der Waals surface area contributed by atoms with Gasteiger partial charge in [-0.3, -0.25) is 9.59 Å². The summed E-state index contributed by atoms with van der Waals surface area (Å²) in [6, 6.07) is 0. The first-order chi connectivity index (χ1) is 4.30. The molecule has 0 bridgehead atoms. The molecule has 0 saturated carbocycles. The molecule has 0 aliphatic carbocycles. The van der Waals surface area contributed by atoms with Crippen molar-refractivity contribution in [1.82, 2.24) is 5.48 Å². The van der Waals surface area contributed by atoms with Gasteiger partial charge in [0.15, 0.2) is 0 Å². The van der Waals surface area contributed by atoms with Gasteiger partial charge in [-0.15, -0.1) is 0 Å². The fourth-order valence-electron chi connectivity index (χ4n) is 0.440. The minimum atomic E-state index is -0.694. The van der Waals surface area contributed by atoms with Gasteiger partial charge >= 0.3 is 5.91 Å². The minimum absolute atomic E-state index is 0.117. The SMILES string of the molecule is O=C1CC=CONC1=O. The van der Waals surface area contributed by atoms with Crippen molar-refractivity contribution in [3.05, 3.63) is 12.3 Å². The number of hydrogen-bond acceptors (Lipinski definition) is 3. The normalized spacial score (nSPS) is 18.2. The van der Waals surface area contributed by atoms with Crippen molar-refractivity contribution < 1.29 is 14.4 Å². The average Bonchev–Trinajstić information content (AvgIpc) is 1.99. The molecule has 0 aromatic heterocycles. The molecule has 9 heavy (non-hydrogen) atoms. The zero-order chi connectivity index (χ0) is 6.69. The van der Waals surface area contributed by atoms with Gasteiger partial charge in [0, 0.05) is 6.42 Å². The second kappa shape index (κ2) is 2.30. The molecule has 4 nitrogen and oxygen atoms in total. The standard InChI is InChI=1S/C5H5NO3/c7-4-2-1-3-9-6-5(4)8/h1,3H,2H2,(H,6,8). The zero-order valence-corrected chi connectivity index (χ0v) is 4.59. The van der Waals surface area contributed by atoms with Gasteiger partial charge in [0.05, 0.1) is 0 Å². The van der Waals surface area contributed by atoms with Crippen molar-refractivity contribution in [3.63, 3.8) is 0 Å². The quantitative estimate of drug-likeness (QED) is 0.447. The Bertz CT molecular complexity index is 173. The van der Waals surface area contributed by atoms with Crippen LogP contribution in [0, 0.1) is 0 Å². The number of rotatable bonds is 0. The lowest BCUT2D eigenvalue weighted by molar-refractivity contribution is -0.142. The second-order valence-electron chi connectivity index (χ2n) is 1.55. The van der Waals surface area contributed by atoms with E-state index in [1.807, 2.05) is 5.48 Å². The predicted molar refractivity (Wildman–Crippen MR) is 28.0 cm³/mol. The Morgan fingerprint density at radius 1 is 1.56 bits per heavy atom. The molecule has 0 radical (unpaired) electrons. The van der Waals surface area contributed by atoms with Crippen LogP contribution in [0.3, 0.4) is 0 Å². The maximum Gasteiger partial charge on any atom is 0.320 e. The molecule has 1 amide bonds. The van der Waals surface area contributed by atoms with E-state index in [2.05, 4.69) is 4.84 Å². The highest BCUT2D eigenvalue weighted by Gasteiger charge is 2.13. The van der Waals surface area contributed by atoms with Crippen LogP contribution in [0.2, 0.25) is 0 Å². The van der Waals surface area contributed by atoms with Gasteiger partial charge < -0.3 is 4.84 Å². The molecule has 0 spiro atoms. The van der Waals surface area contributed by atoms with Crippen LogP contribution in [0.4, 0.5) is 0 Å². The molecule has 0 fully saturated rings. The predicted octanol–water partition coefficient (Wildman–Crippen LogP) is -0.479. The Morgan fingerprint density at radius 2 is 2.33 bits per heavy atom. The van der Waals surface area contributed by atoms with Crippen LogP contribution >= 0.6 is 0 Å². The minimum Gasteiger partial charge on any atom is -0.387 e. The smallest absolute Gasteiger partial charge is 0.320 e. The third-order valence-corrected chi connectivity index (χ3v) is 0.872. The van der Waals surface area contributed by atoms with Gasteiger partial charge in [-0.1, -0.05) is 0 Å². The Morgan fingerprint density at radius 3 is 3.11 bits per heavy atom. The first kappa shape index (κ1) is 5.81. The number of carbonyl (C=O) groups excluding carboxylic acids is 2. The highest BCUT2D eigenvalue weighted by Crippen LogP contribution is 1.90. The molecule has 0 aromatic rings. The van der Waals surface area contributed by atoms with Crippen molar-refractivity contribution in [2.45, 2.75) is 6.42 Å². The van der Waals surface area contributed by atoms with Crippen LogP contribution in [0.1, 0.15) is 6.42 Å². The van der Waals surface area contributed by atoms with Crippen molar-refractivity contribution in [1.29, 1.82) is 0 Å². The number of ketones is 1. The Balaban J connectivity index is 2.63. The molecule has 48 valence electrons. The highest BCUT2D eigenvalue weighted by molar-refractivity contribution is 6.36. The van der Waals surface area contributed by atoms with E-state index < -0.39 is 11.7 Å². The molecular weight excluding hydrogens is 122 g/mol. The first-order valence-electron chi connectivity index (χ1n) is 2.44. The molecule has 1 aliphatic rings. The summed E-state index contributed by atoms with van der Waals surface area (Å²) in [5.74, 6) is -1.18. The van der Waals surface area contributed by atoms with Crippen molar-refractivity contribution in [2.24, 2.45) is 0 Å². The number of nitrogens with one attached hydrogen (secondary N) is 1. The lowest BCUT2D eigenvalue weighted by atomic mass is 10.3. The third kappa shape index (κ3) is 1.28. The number of amides is 1. The maximum atomic E-state index is 10.5. The molecule has 0 unspecified atom stereocenters. The fourth-order valence-corrected chi connectivity index (χ4v) is 0.440. The number of Topliss-reactive ketones (excluding diaryl/α,β-unsaturated/α-hetero) is 1. The van der Waals surface area contributed by atoms with Crippen molar-refractivity contribution >= 4 is 11.7 Å². The first-order valence-corrected chi connectivity index (χ1v) is 2.44. The second-order valence-corrected chi connectivity index (χ2v) is 1.55. The monoisotopic (exact) mass is 127 g/mol. The molecule has 4 heteroatoms. The summed E-state index contributed by atoms with van der Waals surface area (Å²) < 4.78 is 0. The van der Waals surface area contributed by atoms with Gasteiger partial charge in [-0.25, -0.2) is 0 Å². The Kier molecular flexibility index (Phi) is 1.48. The summed E-state index contributed by atoms with van der Waals surface area (Å²) in [6.07, 6.45) is 2.86. The average molecular weight is 127 g/mol. The zero-order valence-electron chi connectivity index (χ0n) is 4.59. The van der Waals surface area contributed by atoms with Gasteiger partial charge in [0.25, 0.3) is 0 Å². The Labute approximate surface area is 51.4 Å². The summed E-state index contributed by atoms with van der Waals surface area (Å²) >= 11 is 0. The summed E-state index contributed by atoms with van der Waals surface area (Å²) in [7, 11) is 0. The van der Waals surface area contributed by atoms with Crippen LogP contribution < -0.4 is 5.48 Å². The van der Waals surface area contributed by atoms with E-state index in [-0.39, 0.29) is 6.42 Å². The van der Waals surface area contributed by atoms with E-state index in [1.165, 1.54) is 12.3 Å². The maximum absolute atomic E-state index is 10.5. The van der Waals surface area contributed by atoms with Crippen LogP contribution in [0.5, 0.6) is 0 Å². The van der Waals surface area contributed by atoms with Crippen LogP contribution in [-0.2, 0) is 14.4 Å². The summed E-state index contributed by atoms with van der Waals surface area (Å²) in [5.41, 5.74) is 1.92. The number of allylic oxidation sites excluding steroid dienone is 1. The van der Waals surface area contributed by atoms with Crippen LogP contribution in [0.15, 0.2) is 12.3 Å². The molecule has 0 atom stereocenters. The van der Waals surface area contributed by atoms with Gasteiger partial charge in [-0.2, -0.15) is 5.48 Å². The Hall–Kier alpha value is -1.32. The van der Waals surface area contributed by atoms with Gasteiger partial charge in [0.1, 0.15) is 6.26 Å². The molecule has 1 heterocycles. The fraction of sp³-hybridized carbons (Fsp3) is 0.200. The van der Waals surface area contributed by atoms with Crippen LogP contribution in [-0.4, -0.2) is 11.7 Å². The lowest BCUT2D eigenvalue weighted by Crippen LogP contribution is -2.27. The summed E-state index contributed by atoms with van der Waals surface area (Å²) in [5, 5.41) is 0. The van der Waals surface area contributed by atoms with E-state index >= 15 is 0 Å². The van der Waals surface area contributed by atoms with Crippen LogP contribution in [0.25, 0.3) is 0 Å². The van der Waals surface area contributed by atoms with Gasteiger partial charge in [-0.05, 0) is 6.08 Å². The molecule has 1 N–H and O–H groups in total. The van der Waals surface area contributed by atoms with E-state index in [4.69, 9.17) is 0 Å². The number of hydroxylamine groups is 1. The van der Waals surface area contributed by atoms with Gasteiger partial charge in [0.2, 0.25) is 5.78 Å². The summed E-state index contributed by atoms with van der Waals surface area (Å²) in [6.45, 7) is 0. The topological polar surface area (TPSA) is 55.4 Å².